The fourth-order valence-corrected chi connectivity index (χ4v) is 3.72. The summed E-state index contributed by atoms with van der Waals surface area (Å²) in [4.78, 5) is 8.01. The first-order valence-corrected chi connectivity index (χ1v) is 8.58. The molecule has 1 saturated carbocycles. The van der Waals surface area contributed by atoms with E-state index in [-0.39, 0.29) is 6.61 Å². The fraction of sp³-hybridized carbons (Fsp3) is 0.562. The largest absolute Gasteiger partial charge is 0.444 e. The van der Waals surface area contributed by atoms with Gasteiger partial charge in [-0.3, -0.25) is 4.90 Å². The minimum atomic E-state index is 0.201. The lowest BCUT2D eigenvalue weighted by Gasteiger charge is -2.33. The summed E-state index contributed by atoms with van der Waals surface area (Å²) in [6.07, 6.45) is 8.15. The van der Waals surface area contributed by atoms with Crippen molar-refractivity contribution in [3.05, 3.63) is 29.5 Å². The Balaban J connectivity index is 1.67. The van der Waals surface area contributed by atoms with Crippen molar-refractivity contribution in [1.82, 2.24) is 9.88 Å². The van der Waals surface area contributed by atoms with Crippen molar-refractivity contribution in [3.8, 4) is 10.8 Å². The smallest absolute Gasteiger partial charge is 0.236 e. The number of hydrogen-bond acceptors (Lipinski definition) is 5. The molecule has 0 bridgehead atoms. The van der Waals surface area contributed by atoms with Crippen LogP contribution in [0, 0.1) is 0 Å². The molecule has 2 aromatic rings. The van der Waals surface area contributed by atoms with Crippen molar-refractivity contribution in [3.63, 3.8) is 0 Å². The SMILES string of the molecule is OCCN(Cc1coc(-c2cccs2)n1)C1CCCCC1. The second-order valence-corrected chi connectivity index (χ2v) is 6.55. The molecule has 2 aromatic heterocycles. The van der Waals surface area contributed by atoms with Gasteiger partial charge in [-0.1, -0.05) is 25.3 Å². The zero-order chi connectivity index (χ0) is 14.5. The van der Waals surface area contributed by atoms with Crippen molar-refractivity contribution >= 4 is 11.3 Å². The van der Waals surface area contributed by atoms with E-state index in [4.69, 9.17) is 4.42 Å². The third kappa shape index (κ3) is 3.73. The van der Waals surface area contributed by atoms with Crippen molar-refractivity contribution < 1.29 is 9.52 Å². The van der Waals surface area contributed by atoms with Crippen LogP contribution in [-0.2, 0) is 6.54 Å². The molecule has 0 spiro atoms. The highest BCUT2D eigenvalue weighted by Crippen LogP contribution is 2.26. The monoisotopic (exact) mass is 306 g/mol. The topological polar surface area (TPSA) is 49.5 Å². The average molecular weight is 306 g/mol. The molecule has 114 valence electrons. The van der Waals surface area contributed by atoms with Crippen LogP contribution in [0.4, 0.5) is 0 Å². The Bertz CT molecular complexity index is 532. The third-order valence-electron chi connectivity index (χ3n) is 4.13. The van der Waals surface area contributed by atoms with E-state index in [1.54, 1.807) is 17.6 Å². The molecular formula is C16H22N2O2S. The van der Waals surface area contributed by atoms with Crippen molar-refractivity contribution in [2.45, 2.75) is 44.7 Å². The van der Waals surface area contributed by atoms with Gasteiger partial charge < -0.3 is 9.52 Å². The van der Waals surface area contributed by atoms with Gasteiger partial charge in [-0.15, -0.1) is 11.3 Å². The highest BCUT2D eigenvalue weighted by molar-refractivity contribution is 7.13. The summed E-state index contributed by atoms with van der Waals surface area (Å²) < 4.78 is 5.59. The molecule has 21 heavy (non-hydrogen) atoms. The Kier molecular flexibility index (Phi) is 5.06. The highest BCUT2D eigenvalue weighted by atomic mass is 32.1. The number of thiophene rings is 1. The van der Waals surface area contributed by atoms with Gasteiger partial charge in [0.1, 0.15) is 6.26 Å². The van der Waals surface area contributed by atoms with E-state index in [2.05, 4.69) is 9.88 Å². The lowest BCUT2D eigenvalue weighted by molar-refractivity contribution is 0.116. The molecule has 3 rings (SSSR count). The molecule has 5 heteroatoms. The quantitative estimate of drug-likeness (QED) is 0.887. The van der Waals surface area contributed by atoms with Crippen LogP contribution in [-0.4, -0.2) is 34.2 Å². The van der Waals surface area contributed by atoms with E-state index in [0.29, 0.717) is 18.5 Å². The van der Waals surface area contributed by atoms with Crippen LogP contribution < -0.4 is 0 Å². The number of nitrogens with zero attached hydrogens (tertiary/aromatic N) is 2. The van der Waals surface area contributed by atoms with Gasteiger partial charge in [-0.05, 0) is 24.3 Å². The van der Waals surface area contributed by atoms with Crippen LogP contribution in [0.25, 0.3) is 10.8 Å². The summed E-state index contributed by atoms with van der Waals surface area (Å²) in [5.74, 6) is 0.701. The lowest BCUT2D eigenvalue weighted by atomic mass is 9.94. The minimum absolute atomic E-state index is 0.201. The first-order valence-electron chi connectivity index (χ1n) is 7.70. The van der Waals surface area contributed by atoms with E-state index in [0.717, 1.165) is 17.1 Å². The molecule has 2 heterocycles. The van der Waals surface area contributed by atoms with Gasteiger partial charge in [0.25, 0.3) is 0 Å². The van der Waals surface area contributed by atoms with Gasteiger partial charge in [0.2, 0.25) is 5.89 Å². The van der Waals surface area contributed by atoms with Crippen LogP contribution in [0.3, 0.4) is 0 Å². The van der Waals surface area contributed by atoms with Gasteiger partial charge in [0, 0.05) is 19.1 Å². The molecule has 0 saturated heterocycles. The molecule has 1 fully saturated rings. The van der Waals surface area contributed by atoms with E-state index in [1.807, 2.05) is 17.5 Å². The Morgan fingerprint density at radius 3 is 2.90 bits per heavy atom. The Morgan fingerprint density at radius 1 is 1.33 bits per heavy atom. The minimum Gasteiger partial charge on any atom is -0.444 e. The Morgan fingerprint density at radius 2 is 2.19 bits per heavy atom. The summed E-state index contributed by atoms with van der Waals surface area (Å²) in [7, 11) is 0. The van der Waals surface area contributed by atoms with Gasteiger partial charge >= 0.3 is 0 Å². The van der Waals surface area contributed by atoms with Crippen LogP contribution in [0.15, 0.2) is 28.2 Å². The fourth-order valence-electron chi connectivity index (χ4n) is 3.07. The molecular weight excluding hydrogens is 284 g/mol. The zero-order valence-electron chi connectivity index (χ0n) is 12.2. The summed E-state index contributed by atoms with van der Waals surface area (Å²) in [5, 5.41) is 11.3. The van der Waals surface area contributed by atoms with Gasteiger partial charge in [-0.25, -0.2) is 4.98 Å². The average Bonchev–Trinajstić information content (AvgIpc) is 3.19. The number of aliphatic hydroxyl groups excluding tert-OH is 1. The molecule has 1 aliphatic rings. The predicted molar refractivity (Wildman–Crippen MR) is 84.2 cm³/mol. The molecule has 0 aliphatic heterocycles. The van der Waals surface area contributed by atoms with Crippen LogP contribution in [0.2, 0.25) is 0 Å². The summed E-state index contributed by atoms with van der Waals surface area (Å²) in [6, 6.07) is 4.60. The molecule has 1 aliphatic carbocycles. The number of aliphatic hydroxyl groups is 1. The molecule has 1 N–H and O–H groups in total. The third-order valence-corrected chi connectivity index (χ3v) is 4.98. The molecule has 0 unspecified atom stereocenters. The number of hydrogen-bond donors (Lipinski definition) is 1. The van der Waals surface area contributed by atoms with E-state index in [1.165, 1.54) is 32.1 Å². The maximum atomic E-state index is 9.32. The first kappa shape index (κ1) is 14.8. The van der Waals surface area contributed by atoms with Crippen LogP contribution in [0.1, 0.15) is 37.8 Å². The highest BCUT2D eigenvalue weighted by Gasteiger charge is 2.22. The molecule has 0 amide bonds. The van der Waals surface area contributed by atoms with Gasteiger partial charge in [0.05, 0.1) is 17.2 Å². The Hall–Kier alpha value is -1.17. The molecule has 0 radical (unpaired) electrons. The van der Waals surface area contributed by atoms with Crippen molar-refractivity contribution in [2.75, 3.05) is 13.2 Å². The van der Waals surface area contributed by atoms with Gasteiger partial charge in [0.15, 0.2) is 0 Å². The first-order chi connectivity index (χ1) is 10.4. The predicted octanol–water partition coefficient (Wildman–Crippen LogP) is 3.53. The summed E-state index contributed by atoms with van der Waals surface area (Å²) in [5.41, 5.74) is 0.956. The van der Waals surface area contributed by atoms with E-state index in [9.17, 15) is 5.11 Å². The van der Waals surface area contributed by atoms with E-state index >= 15 is 0 Å². The molecule has 0 aromatic carbocycles. The standard InChI is InChI=1S/C16H22N2O2S/c19-9-8-18(14-5-2-1-3-6-14)11-13-12-20-16(17-13)15-7-4-10-21-15/h4,7,10,12,14,19H,1-3,5-6,8-9,11H2. The van der Waals surface area contributed by atoms with Crippen molar-refractivity contribution in [2.24, 2.45) is 0 Å². The molecule has 0 atom stereocenters. The lowest BCUT2D eigenvalue weighted by Crippen LogP contribution is -2.38. The number of rotatable bonds is 6. The zero-order valence-corrected chi connectivity index (χ0v) is 13.0. The maximum absolute atomic E-state index is 9.32. The van der Waals surface area contributed by atoms with Crippen molar-refractivity contribution in [1.29, 1.82) is 0 Å². The van der Waals surface area contributed by atoms with Gasteiger partial charge in [-0.2, -0.15) is 0 Å². The van der Waals surface area contributed by atoms with E-state index < -0.39 is 0 Å². The molecule has 4 nitrogen and oxygen atoms in total. The maximum Gasteiger partial charge on any atom is 0.236 e. The second-order valence-electron chi connectivity index (χ2n) is 5.61. The summed E-state index contributed by atoms with van der Waals surface area (Å²) >= 11 is 1.64. The number of oxazole rings is 1. The van der Waals surface area contributed by atoms with Crippen LogP contribution in [0.5, 0.6) is 0 Å². The Labute approximate surface area is 129 Å². The second kappa shape index (κ2) is 7.20. The normalized spacial score (nSPS) is 16.7. The number of aromatic nitrogens is 1. The summed E-state index contributed by atoms with van der Waals surface area (Å²) in [6.45, 7) is 1.68. The van der Waals surface area contributed by atoms with Crippen LogP contribution >= 0.6 is 11.3 Å².